The van der Waals surface area contributed by atoms with Crippen molar-refractivity contribution in [3.05, 3.63) is 72.3 Å². The van der Waals surface area contributed by atoms with Crippen molar-refractivity contribution >= 4 is 28.6 Å². The molecule has 1 heterocycles. The van der Waals surface area contributed by atoms with Gasteiger partial charge >= 0.3 is 6.09 Å². The first-order chi connectivity index (χ1) is 11.8. The molecule has 0 aliphatic carbocycles. The van der Waals surface area contributed by atoms with Crippen molar-refractivity contribution in [2.75, 3.05) is 13.0 Å². The number of nitrogens with zero attached hydrogens (tertiary/aromatic N) is 1. The van der Waals surface area contributed by atoms with Crippen LogP contribution < -0.4 is 0 Å². The van der Waals surface area contributed by atoms with Crippen LogP contribution in [0.25, 0.3) is 22.2 Å². The van der Waals surface area contributed by atoms with E-state index in [0.29, 0.717) is 12.3 Å². The van der Waals surface area contributed by atoms with E-state index in [1.165, 1.54) is 7.11 Å². The molecule has 3 nitrogen and oxygen atoms in total. The van der Waals surface area contributed by atoms with Crippen molar-refractivity contribution in [3.8, 4) is 11.3 Å². The first kappa shape index (κ1) is 16.3. The summed E-state index contributed by atoms with van der Waals surface area (Å²) >= 11 is 5.75. The molecule has 3 aromatic rings. The molecular formula is C20H18ClNO2. The Morgan fingerprint density at radius 3 is 2.50 bits per heavy atom. The van der Waals surface area contributed by atoms with E-state index in [0.717, 1.165) is 27.7 Å². The van der Waals surface area contributed by atoms with Gasteiger partial charge in [-0.1, -0.05) is 60.7 Å². The lowest BCUT2D eigenvalue weighted by atomic mass is 10.0. The van der Waals surface area contributed by atoms with E-state index in [2.05, 4.69) is 0 Å². The first-order valence-corrected chi connectivity index (χ1v) is 8.28. The normalized spacial score (nSPS) is 11.2. The molecule has 0 saturated heterocycles. The smallest absolute Gasteiger partial charge is 0.418 e. The Bertz CT molecular complexity index is 881. The molecule has 0 aliphatic heterocycles. The zero-order valence-electron chi connectivity index (χ0n) is 13.4. The summed E-state index contributed by atoms with van der Waals surface area (Å²) in [6.45, 7) is 0. The molecule has 0 N–H and O–H groups in total. The van der Waals surface area contributed by atoms with Crippen LogP contribution in [0.5, 0.6) is 0 Å². The highest BCUT2D eigenvalue weighted by molar-refractivity contribution is 6.18. The van der Waals surface area contributed by atoms with E-state index in [1.807, 2.05) is 66.7 Å². The molecule has 0 aliphatic rings. The Kier molecular flexibility index (Phi) is 5.02. The van der Waals surface area contributed by atoms with Gasteiger partial charge in [-0.3, -0.25) is 0 Å². The highest BCUT2D eigenvalue weighted by Gasteiger charge is 2.21. The summed E-state index contributed by atoms with van der Waals surface area (Å²) in [5.41, 5.74) is 3.78. The number of alkyl halides is 1. The summed E-state index contributed by atoms with van der Waals surface area (Å²) < 4.78 is 6.68. The Balaban J connectivity index is 2.33. The second-order valence-corrected chi connectivity index (χ2v) is 5.65. The van der Waals surface area contributed by atoms with E-state index < -0.39 is 6.09 Å². The fourth-order valence-corrected chi connectivity index (χ4v) is 3.08. The molecule has 0 radical (unpaired) electrons. The third kappa shape index (κ3) is 2.95. The standard InChI is InChI=1S/C20H18ClNO2/c1-24-20(23)22-18-13-6-5-11-16(18)17(12-7-8-14-21)19(22)15-9-3-2-4-10-15/h2-11,13H,12,14H2,1H3/b8-7+. The lowest BCUT2D eigenvalue weighted by Gasteiger charge is -2.09. The van der Waals surface area contributed by atoms with E-state index >= 15 is 0 Å². The second kappa shape index (κ2) is 7.37. The fraction of sp³-hybridized carbons (Fsp3) is 0.150. The van der Waals surface area contributed by atoms with Crippen LogP contribution in [0.3, 0.4) is 0 Å². The molecule has 0 saturated carbocycles. The molecule has 122 valence electrons. The average Bonchev–Trinajstić information content (AvgIpc) is 2.96. The van der Waals surface area contributed by atoms with Crippen LogP contribution in [0.2, 0.25) is 0 Å². The fourth-order valence-electron chi connectivity index (χ4n) is 2.96. The van der Waals surface area contributed by atoms with Crippen molar-refractivity contribution in [1.29, 1.82) is 0 Å². The predicted octanol–water partition coefficient (Wildman–Crippen LogP) is 5.26. The molecular weight excluding hydrogens is 322 g/mol. The van der Waals surface area contributed by atoms with E-state index in [9.17, 15) is 4.79 Å². The average molecular weight is 340 g/mol. The monoisotopic (exact) mass is 339 g/mol. The SMILES string of the molecule is COC(=O)n1c(-c2ccccc2)c(C/C=C/CCl)c2ccccc21. The lowest BCUT2D eigenvalue weighted by molar-refractivity contribution is 0.174. The van der Waals surface area contributed by atoms with Gasteiger partial charge in [-0.15, -0.1) is 11.6 Å². The molecule has 3 rings (SSSR count). The molecule has 0 atom stereocenters. The zero-order chi connectivity index (χ0) is 16.9. The van der Waals surface area contributed by atoms with Crippen LogP contribution >= 0.6 is 11.6 Å². The van der Waals surface area contributed by atoms with Crippen LogP contribution in [-0.4, -0.2) is 23.7 Å². The van der Waals surface area contributed by atoms with Crippen molar-refractivity contribution in [3.63, 3.8) is 0 Å². The number of aromatic nitrogens is 1. The summed E-state index contributed by atoms with van der Waals surface area (Å²) in [5.74, 6) is 0.469. The van der Waals surface area contributed by atoms with Gasteiger partial charge in [-0.25, -0.2) is 9.36 Å². The van der Waals surface area contributed by atoms with E-state index in [-0.39, 0.29) is 0 Å². The molecule has 0 unspecified atom stereocenters. The second-order valence-electron chi connectivity index (χ2n) is 5.35. The zero-order valence-corrected chi connectivity index (χ0v) is 14.2. The van der Waals surface area contributed by atoms with Crippen molar-refractivity contribution < 1.29 is 9.53 Å². The van der Waals surface area contributed by atoms with Crippen LogP contribution in [-0.2, 0) is 11.2 Å². The molecule has 4 heteroatoms. The Labute approximate surface area is 146 Å². The van der Waals surface area contributed by atoms with Gasteiger partial charge in [0.15, 0.2) is 0 Å². The minimum Gasteiger partial charge on any atom is -0.452 e. The maximum atomic E-state index is 12.5. The van der Waals surface area contributed by atoms with Crippen LogP contribution in [0.15, 0.2) is 66.7 Å². The molecule has 2 aromatic carbocycles. The molecule has 0 fully saturated rings. The molecule has 0 bridgehead atoms. The molecule has 24 heavy (non-hydrogen) atoms. The largest absolute Gasteiger partial charge is 0.452 e. The number of allylic oxidation sites excluding steroid dienone is 2. The summed E-state index contributed by atoms with van der Waals surface area (Å²) in [7, 11) is 1.40. The third-order valence-corrected chi connectivity index (χ3v) is 4.14. The molecule has 0 amide bonds. The predicted molar refractivity (Wildman–Crippen MR) is 98.7 cm³/mol. The number of hydrogen-bond donors (Lipinski definition) is 0. The highest BCUT2D eigenvalue weighted by Crippen LogP contribution is 2.34. The molecule has 0 spiro atoms. The number of carbonyl (C=O) groups is 1. The number of fused-ring (bicyclic) bond motifs is 1. The Hall–Kier alpha value is -2.52. The number of hydrogen-bond acceptors (Lipinski definition) is 2. The van der Waals surface area contributed by atoms with E-state index in [4.69, 9.17) is 16.3 Å². The number of methoxy groups -OCH3 is 1. The van der Waals surface area contributed by atoms with Crippen LogP contribution in [0.4, 0.5) is 4.79 Å². The van der Waals surface area contributed by atoms with Gasteiger partial charge in [0.25, 0.3) is 0 Å². The maximum absolute atomic E-state index is 12.5. The number of carbonyl (C=O) groups excluding carboxylic acids is 1. The van der Waals surface area contributed by atoms with Crippen LogP contribution in [0, 0.1) is 0 Å². The van der Waals surface area contributed by atoms with Gasteiger partial charge in [-0.2, -0.15) is 0 Å². The minimum absolute atomic E-state index is 0.391. The van der Waals surface area contributed by atoms with Gasteiger partial charge in [0.2, 0.25) is 0 Å². The number of para-hydroxylation sites is 1. The summed E-state index contributed by atoms with van der Waals surface area (Å²) in [5, 5.41) is 1.04. The van der Waals surface area contributed by atoms with E-state index in [1.54, 1.807) is 4.57 Å². The number of ether oxygens (including phenoxy) is 1. The highest BCUT2D eigenvalue weighted by atomic mass is 35.5. The van der Waals surface area contributed by atoms with Gasteiger partial charge in [-0.05, 0) is 23.6 Å². The van der Waals surface area contributed by atoms with Gasteiger partial charge in [0.05, 0.1) is 18.3 Å². The Morgan fingerprint density at radius 1 is 1.08 bits per heavy atom. The van der Waals surface area contributed by atoms with Crippen molar-refractivity contribution in [2.24, 2.45) is 0 Å². The van der Waals surface area contributed by atoms with Gasteiger partial charge in [0.1, 0.15) is 0 Å². The van der Waals surface area contributed by atoms with Crippen molar-refractivity contribution in [1.82, 2.24) is 4.57 Å². The van der Waals surface area contributed by atoms with Crippen molar-refractivity contribution in [2.45, 2.75) is 6.42 Å². The summed E-state index contributed by atoms with van der Waals surface area (Å²) in [4.78, 5) is 12.5. The Morgan fingerprint density at radius 2 is 1.79 bits per heavy atom. The first-order valence-electron chi connectivity index (χ1n) is 7.75. The number of halogens is 1. The summed E-state index contributed by atoms with van der Waals surface area (Å²) in [6, 6.07) is 17.8. The summed E-state index contributed by atoms with van der Waals surface area (Å²) in [6.07, 6.45) is 4.25. The quantitative estimate of drug-likeness (QED) is 0.479. The number of benzene rings is 2. The van der Waals surface area contributed by atoms with Gasteiger partial charge in [0, 0.05) is 11.3 Å². The molecule has 1 aromatic heterocycles. The maximum Gasteiger partial charge on any atom is 0.418 e. The lowest BCUT2D eigenvalue weighted by Crippen LogP contribution is -2.12. The number of rotatable bonds is 4. The van der Waals surface area contributed by atoms with Gasteiger partial charge < -0.3 is 4.74 Å². The van der Waals surface area contributed by atoms with Crippen LogP contribution in [0.1, 0.15) is 5.56 Å². The minimum atomic E-state index is -0.391. The topological polar surface area (TPSA) is 31.2 Å². The third-order valence-electron chi connectivity index (χ3n) is 3.96.